The van der Waals surface area contributed by atoms with Crippen molar-refractivity contribution in [1.29, 1.82) is 0 Å². The first-order valence-electron chi connectivity index (χ1n) is 7.83. The SMILES string of the molecule is CC(C)(CCNC(=O)CN1C(=O)COc2ccc([N+](=O)[O-])cc21)C(=O)O. The van der Waals surface area contributed by atoms with Gasteiger partial charge in [-0.1, -0.05) is 0 Å². The minimum Gasteiger partial charge on any atom is -0.482 e. The highest BCUT2D eigenvalue weighted by atomic mass is 16.6. The highest BCUT2D eigenvalue weighted by Gasteiger charge is 2.30. The van der Waals surface area contributed by atoms with Crippen LogP contribution in [0.2, 0.25) is 0 Å². The highest BCUT2D eigenvalue weighted by Crippen LogP contribution is 2.35. The van der Waals surface area contributed by atoms with Gasteiger partial charge < -0.3 is 15.2 Å². The molecule has 0 fully saturated rings. The number of ether oxygens (including phenoxy) is 1. The molecule has 2 amide bonds. The van der Waals surface area contributed by atoms with E-state index >= 15 is 0 Å². The molecule has 1 aromatic carbocycles. The molecule has 1 aromatic rings. The van der Waals surface area contributed by atoms with Gasteiger partial charge in [0, 0.05) is 18.7 Å². The Morgan fingerprint density at radius 2 is 2.12 bits per heavy atom. The first-order valence-corrected chi connectivity index (χ1v) is 7.83. The van der Waals surface area contributed by atoms with Crippen LogP contribution in [0.5, 0.6) is 5.75 Å². The lowest BCUT2D eigenvalue weighted by Crippen LogP contribution is -2.45. The molecule has 2 N–H and O–H groups in total. The fraction of sp³-hybridized carbons (Fsp3) is 0.438. The number of carboxylic acids is 1. The highest BCUT2D eigenvalue weighted by molar-refractivity contribution is 6.02. The van der Waals surface area contributed by atoms with Gasteiger partial charge in [0.2, 0.25) is 5.91 Å². The van der Waals surface area contributed by atoms with E-state index in [0.29, 0.717) is 0 Å². The summed E-state index contributed by atoms with van der Waals surface area (Å²) in [6.45, 7) is 2.59. The van der Waals surface area contributed by atoms with Gasteiger partial charge in [-0.05, 0) is 26.3 Å². The topological polar surface area (TPSA) is 139 Å². The second-order valence-corrected chi connectivity index (χ2v) is 6.47. The predicted molar refractivity (Wildman–Crippen MR) is 90.0 cm³/mol. The summed E-state index contributed by atoms with van der Waals surface area (Å²) in [4.78, 5) is 46.7. The minimum atomic E-state index is -0.991. The zero-order valence-corrected chi connectivity index (χ0v) is 14.4. The third-order valence-corrected chi connectivity index (χ3v) is 4.05. The average molecular weight is 365 g/mol. The number of non-ortho nitro benzene ring substituents is 1. The number of nitrogens with zero attached hydrogens (tertiary/aromatic N) is 2. The van der Waals surface area contributed by atoms with Crippen LogP contribution in [0.4, 0.5) is 11.4 Å². The molecule has 0 aromatic heterocycles. The van der Waals surface area contributed by atoms with Crippen molar-refractivity contribution in [3.05, 3.63) is 28.3 Å². The van der Waals surface area contributed by atoms with Crippen LogP contribution in [0.3, 0.4) is 0 Å². The molecular weight excluding hydrogens is 346 g/mol. The molecule has 0 saturated carbocycles. The molecule has 0 bridgehead atoms. The molecule has 0 atom stereocenters. The van der Waals surface area contributed by atoms with Crippen LogP contribution in [-0.4, -0.2) is 47.5 Å². The number of fused-ring (bicyclic) bond motifs is 1. The molecule has 0 spiro atoms. The van der Waals surface area contributed by atoms with Gasteiger partial charge in [-0.2, -0.15) is 0 Å². The Hall–Kier alpha value is -3.17. The molecule has 2 rings (SSSR count). The fourth-order valence-corrected chi connectivity index (χ4v) is 2.30. The standard InChI is InChI=1S/C16H19N3O7/c1-16(2,15(22)23)5-6-17-13(20)8-18-11-7-10(19(24)25)3-4-12(11)26-9-14(18)21/h3-4,7H,5-6,8-9H2,1-2H3,(H,17,20)(H,22,23). The third-order valence-electron chi connectivity index (χ3n) is 4.05. The van der Waals surface area contributed by atoms with Crippen molar-refractivity contribution in [3.63, 3.8) is 0 Å². The van der Waals surface area contributed by atoms with E-state index in [-0.39, 0.29) is 43.2 Å². The summed E-state index contributed by atoms with van der Waals surface area (Å²) in [6.07, 6.45) is 0.215. The van der Waals surface area contributed by atoms with Gasteiger partial charge in [0.15, 0.2) is 6.61 Å². The Labute approximate surface area is 148 Å². The number of hydrogen-bond donors (Lipinski definition) is 2. The number of carbonyl (C=O) groups is 3. The van der Waals surface area contributed by atoms with E-state index in [1.165, 1.54) is 18.2 Å². The van der Waals surface area contributed by atoms with E-state index in [4.69, 9.17) is 9.84 Å². The van der Waals surface area contributed by atoms with E-state index in [9.17, 15) is 24.5 Å². The number of hydrogen-bond acceptors (Lipinski definition) is 6. The van der Waals surface area contributed by atoms with E-state index in [1.807, 2.05) is 0 Å². The Morgan fingerprint density at radius 1 is 1.42 bits per heavy atom. The largest absolute Gasteiger partial charge is 0.482 e. The summed E-state index contributed by atoms with van der Waals surface area (Å²) in [7, 11) is 0. The van der Waals surface area contributed by atoms with Gasteiger partial charge in [-0.15, -0.1) is 0 Å². The van der Waals surface area contributed by atoms with Crippen LogP contribution in [-0.2, 0) is 14.4 Å². The van der Waals surface area contributed by atoms with Gasteiger partial charge >= 0.3 is 5.97 Å². The normalized spacial score (nSPS) is 13.6. The Kier molecular flexibility index (Phi) is 5.44. The number of aliphatic carboxylic acids is 1. The summed E-state index contributed by atoms with van der Waals surface area (Å²) in [5.74, 6) is -1.70. The molecule has 0 aliphatic carbocycles. The summed E-state index contributed by atoms with van der Waals surface area (Å²) < 4.78 is 5.22. The predicted octanol–water partition coefficient (Wildman–Crippen LogP) is 0.937. The molecule has 26 heavy (non-hydrogen) atoms. The molecule has 0 saturated heterocycles. The van der Waals surface area contributed by atoms with Gasteiger partial charge in [-0.3, -0.25) is 29.4 Å². The molecule has 0 unspecified atom stereocenters. The number of amides is 2. The van der Waals surface area contributed by atoms with Crippen molar-refractivity contribution in [2.75, 3.05) is 24.6 Å². The van der Waals surface area contributed by atoms with Crippen LogP contribution in [0.25, 0.3) is 0 Å². The number of anilines is 1. The van der Waals surface area contributed by atoms with Gasteiger partial charge in [-0.25, -0.2) is 0 Å². The molecule has 1 aliphatic heterocycles. The number of nitro benzene ring substituents is 1. The molecular formula is C16H19N3O7. The van der Waals surface area contributed by atoms with Crippen molar-refractivity contribution < 1.29 is 29.2 Å². The van der Waals surface area contributed by atoms with Gasteiger partial charge in [0.25, 0.3) is 11.6 Å². The minimum absolute atomic E-state index is 0.123. The quantitative estimate of drug-likeness (QED) is 0.541. The molecule has 1 aliphatic rings. The second kappa shape index (κ2) is 7.38. The average Bonchev–Trinajstić information content (AvgIpc) is 2.56. The lowest BCUT2D eigenvalue weighted by Gasteiger charge is -2.28. The number of nitrogens with one attached hydrogen (secondary N) is 1. The maximum atomic E-state index is 12.1. The molecule has 10 heteroatoms. The third kappa shape index (κ3) is 4.26. The maximum Gasteiger partial charge on any atom is 0.309 e. The van der Waals surface area contributed by atoms with Crippen LogP contribution in [0, 0.1) is 15.5 Å². The maximum absolute atomic E-state index is 12.1. The monoisotopic (exact) mass is 365 g/mol. The fourth-order valence-electron chi connectivity index (χ4n) is 2.30. The van der Waals surface area contributed by atoms with Gasteiger partial charge in [0.05, 0.1) is 16.0 Å². The van der Waals surface area contributed by atoms with E-state index in [1.54, 1.807) is 13.8 Å². The molecule has 1 heterocycles. The number of benzene rings is 1. The number of nitro groups is 1. The first kappa shape index (κ1) is 19.2. The summed E-state index contributed by atoms with van der Waals surface area (Å²) in [5, 5.41) is 22.5. The van der Waals surface area contributed by atoms with Crippen molar-refractivity contribution in [2.24, 2.45) is 5.41 Å². The Balaban J connectivity index is 2.06. The number of carboxylic acid groups (broad SMARTS) is 1. The first-order chi connectivity index (χ1) is 12.1. The van der Waals surface area contributed by atoms with Crippen molar-refractivity contribution in [1.82, 2.24) is 5.32 Å². The lowest BCUT2D eigenvalue weighted by atomic mass is 9.90. The van der Waals surface area contributed by atoms with E-state index in [2.05, 4.69) is 5.32 Å². The number of carbonyl (C=O) groups excluding carboxylic acids is 2. The van der Waals surface area contributed by atoms with Crippen LogP contribution in [0.15, 0.2) is 18.2 Å². The van der Waals surface area contributed by atoms with Crippen molar-refractivity contribution >= 4 is 29.2 Å². The van der Waals surface area contributed by atoms with E-state index in [0.717, 1.165) is 4.90 Å². The zero-order chi connectivity index (χ0) is 19.5. The molecule has 10 nitrogen and oxygen atoms in total. The summed E-state index contributed by atoms with van der Waals surface area (Å²) in [6, 6.07) is 3.80. The number of rotatable bonds is 7. The molecule has 0 radical (unpaired) electrons. The van der Waals surface area contributed by atoms with E-state index < -0.39 is 28.1 Å². The Bertz CT molecular complexity index is 760. The Morgan fingerprint density at radius 3 is 2.73 bits per heavy atom. The second-order valence-electron chi connectivity index (χ2n) is 6.47. The van der Waals surface area contributed by atoms with Crippen LogP contribution >= 0.6 is 0 Å². The lowest BCUT2D eigenvalue weighted by molar-refractivity contribution is -0.384. The summed E-state index contributed by atoms with van der Waals surface area (Å²) in [5.41, 5.74) is -1.07. The zero-order valence-electron chi connectivity index (χ0n) is 14.4. The van der Waals surface area contributed by atoms with Crippen molar-refractivity contribution in [3.8, 4) is 5.75 Å². The van der Waals surface area contributed by atoms with Crippen LogP contribution in [0.1, 0.15) is 20.3 Å². The van der Waals surface area contributed by atoms with Gasteiger partial charge in [0.1, 0.15) is 12.3 Å². The smallest absolute Gasteiger partial charge is 0.309 e. The molecule has 140 valence electrons. The van der Waals surface area contributed by atoms with Crippen LogP contribution < -0.4 is 15.0 Å². The summed E-state index contributed by atoms with van der Waals surface area (Å²) >= 11 is 0. The van der Waals surface area contributed by atoms with Crippen molar-refractivity contribution in [2.45, 2.75) is 20.3 Å².